The number of nitrogens with zero attached hydrogens (tertiary/aromatic N) is 4. The summed E-state index contributed by atoms with van der Waals surface area (Å²) in [6, 6.07) is 14.4. The minimum Gasteiger partial charge on any atom is -0.496 e. The Kier molecular flexibility index (Phi) is 2.36. The zero-order valence-electron chi connectivity index (χ0n) is 12.4. The Morgan fingerprint density at radius 2 is 1.74 bits per heavy atom. The predicted molar refractivity (Wildman–Crippen MR) is 89.9 cm³/mol. The van der Waals surface area contributed by atoms with Crippen LogP contribution in [-0.2, 0) is 0 Å². The summed E-state index contributed by atoms with van der Waals surface area (Å²) in [5.74, 6) is 1.43. The predicted octanol–water partition coefficient (Wildman–Crippen LogP) is 3.59. The largest absolute Gasteiger partial charge is 0.496 e. The molecule has 2 aromatic heterocycles. The summed E-state index contributed by atoms with van der Waals surface area (Å²) in [4.78, 5) is 4.73. The van der Waals surface area contributed by atoms with Crippen molar-refractivity contribution in [1.82, 2.24) is 19.6 Å². The van der Waals surface area contributed by atoms with Gasteiger partial charge in [-0.1, -0.05) is 36.4 Å². The topological polar surface area (TPSA) is 52.3 Å². The molecule has 0 unspecified atom stereocenters. The Bertz CT molecular complexity index is 1210. The lowest BCUT2D eigenvalue weighted by atomic mass is 9.97. The van der Waals surface area contributed by atoms with E-state index in [9.17, 15) is 0 Å². The van der Waals surface area contributed by atoms with Crippen LogP contribution in [0.25, 0.3) is 38.2 Å². The molecule has 0 aliphatic carbocycles. The maximum Gasteiger partial charge on any atom is 0.255 e. The van der Waals surface area contributed by atoms with Crippen LogP contribution in [0.3, 0.4) is 0 Å². The van der Waals surface area contributed by atoms with Crippen molar-refractivity contribution in [2.75, 3.05) is 7.11 Å². The fourth-order valence-corrected chi connectivity index (χ4v) is 3.28. The summed E-state index contributed by atoms with van der Waals surface area (Å²) in [6.07, 6.45) is 3.69. The second kappa shape index (κ2) is 4.39. The number of aromatic nitrogens is 4. The second-order valence-electron chi connectivity index (χ2n) is 5.47. The van der Waals surface area contributed by atoms with Gasteiger partial charge in [-0.2, -0.15) is 0 Å². The molecule has 0 bridgehead atoms. The monoisotopic (exact) mass is 300 g/mol. The molecule has 0 N–H and O–H groups in total. The standard InChI is InChI=1S/C18H12N4O/c1-23-15-8-4-7-12-11-5-2-3-6-13(11)17-14(16(12)15)9-22-10-19-21-18(22)20-17/h2-10H,1H3. The smallest absolute Gasteiger partial charge is 0.255 e. The van der Waals surface area contributed by atoms with Crippen molar-refractivity contribution in [3.63, 3.8) is 0 Å². The number of ether oxygens (including phenoxy) is 1. The molecule has 0 saturated heterocycles. The maximum absolute atomic E-state index is 5.61. The Morgan fingerprint density at radius 1 is 0.913 bits per heavy atom. The molecule has 5 aromatic rings. The number of methoxy groups -OCH3 is 1. The highest BCUT2D eigenvalue weighted by molar-refractivity contribution is 6.25. The van der Waals surface area contributed by atoms with E-state index >= 15 is 0 Å². The van der Waals surface area contributed by atoms with Gasteiger partial charge >= 0.3 is 0 Å². The molecule has 3 aromatic carbocycles. The van der Waals surface area contributed by atoms with E-state index < -0.39 is 0 Å². The third-order valence-electron chi connectivity index (χ3n) is 4.28. The van der Waals surface area contributed by atoms with E-state index in [1.807, 2.05) is 34.9 Å². The molecule has 0 aliphatic heterocycles. The minimum atomic E-state index is 0.594. The average molecular weight is 300 g/mol. The van der Waals surface area contributed by atoms with Gasteiger partial charge in [-0.05, 0) is 16.8 Å². The highest BCUT2D eigenvalue weighted by Gasteiger charge is 2.14. The first-order valence-electron chi connectivity index (χ1n) is 7.34. The quantitative estimate of drug-likeness (QED) is 0.444. The summed E-state index contributed by atoms with van der Waals surface area (Å²) >= 11 is 0. The Hall–Kier alpha value is -3.21. The molecule has 110 valence electrons. The number of hydrogen-bond acceptors (Lipinski definition) is 4. The number of hydrogen-bond donors (Lipinski definition) is 0. The van der Waals surface area contributed by atoms with Crippen molar-refractivity contribution >= 4 is 38.2 Å². The molecule has 0 radical (unpaired) electrons. The summed E-state index contributed by atoms with van der Waals surface area (Å²) in [7, 11) is 1.69. The second-order valence-corrected chi connectivity index (χ2v) is 5.47. The van der Waals surface area contributed by atoms with Crippen molar-refractivity contribution in [1.29, 1.82) is 0 Å². The van der Waals surface area contributed by atoms with Crippen LogP contribution in [-0.4, -0.2) is 26.7 Å². The molecule has 0 saturated carbocycles. The van der Waals surface area contributed by atoms with E-state index in [4.69, 9.17) is 9.72 Å². The van der Waals surface area contributed by atoms with Gasteiger partial charge in [0.25, 0.3) is 5.78 Å². The SMILES string of the molecule is COc1cccc2c3ccccc3c3nc4nncn4cc3c12. The van der Waals surface area contributed by atoms with E-state index in [1.54, 1.807) is 13.4 Å². The molecular weight excluding hydrogens is 288 g/mol. The van der Waals surface area contributed by atoms with Gasteiger partial charge in [0.15, 0.2) is 0 Å². The number of rotatable bonds is 1. The fourth-order valence-electron chi connectivity index (χ4n) is 3.28. The van der Waals surface area contributed by atoms with Crippen LogP contribution in [0.5, 0.6) is 5.75 Å². The fraction of sp³-hybridized carbons (Fsp3) is 0.0556. The Morgan fingerprint density at radius 3 is 2.61 bits per heavy atom. The third-order valence-corrected chi connectivity index (χ3v) is 4.28. The molecule has 5 rings (SSSR count). The van der Waals surface area contributed by atoms with Crippen molar-refractivity contribution in [2.45, 2.75) is 0 Å². The van der Waals surface area contributed by atoms with E-state index in [0.717, 1.165) is 38.2 Å². The van der Waals surface area contributed by atoms with Gasteiger partial charge < -0.3 is 4.74 Å². The first-order chi connectivity index (χ1) is 11.4. The summed E-state index contributed by atoms with van der Waals surface area (Å²) in [5, 5.41) is 13.5. The summed E-state index contributed by atoms with van der Waals surface area (Å²) in [5.41, 5.74) is 0.915. The Balaban J connectivity index is 2.19. The number of fused-ring (bicyclic) bond motifs is 7. The van der Waals surface area contributed by atoms with Crippen molar-refractivity contribution in [3.05, 3.63) is 55.0 Å². The van der Waals surface area contributed by atoms with Crippen LogP contribution in [0, 0.1) is 0 Å². The van der Waals surface area contributed by atoms with E-state index in [0.29, 0.717) is 5.78 Å². The van der Waals surface area contributed by atoms with Gasteiger partial charge in [-0.3, -0.25) is 4.40 Å². The molecular formula is C18H12N4O. The Labute approximate surface area is 131 Å². The van der Waals surface area contributed by atoms with Crippen LogP contribution in [0.4, 0.5) is 0 Å². The lowest BCUT2D eigenvalue weighted by Gasteiger charge is -2.12. The summed E-state index contributed by atoms with van der Waals surface area (Å²) < 4.78 is 7.45. The van der Waals surface area contributed by atoms with Gasteiger partial charge in [0, 0.05) is 22.4 Å². The lowest BCUT2D eigenvalue weighted by molar-refractivity contribution is 0.420. The van der Waals surface area contributed by atoms with Gasteiger partial charge in [0.2, 0.25) is 0 Å². The average Bonchev–Trinajstić information content (AvgIpc) is 3.07. The van der Waals surface area contributed by atoms with Crippen LogP contribution in [0.15, 0.2) is 55.0 Å². The molecule has 0 fully saturated rings. The molecule has 23 heavy (non-hydrogen) atoms. The highest BCUT2D eigenvalue weighted by atomic mass is 16.5. The molecule has 5 heteroatoms. The van der Waals surface area contributed by atoms with Gasteiger partial charge in [0.05, 0.1) is 12.6 Å². The third kappa shape index (κ3) is 1.59. The number of benzene rings is 3. The van der Waals surface area contributed by atoms with E-state index in [1.165, 1.54) is 0 Å². The summed E-state index contributed by atoms with van der Waals surface area (Å²) in [6.45, 7) is 0. The molecule has 0 amide bonds. The van der Waals surface area contributed by atoms with Crippen molar-refractivity contribution in [3.8, 4) is 5.75 Å². The minimum absolute atomic E-state index is 0.594. The van der Waals surface area contributed by atoms with Crippen LogP contribution in [0.2, 0.25) is 0 Å². The van der Waals surface area contributed by atoms with Gasteiger partial charge in [0.1, 0.15) is 12.1 Å². The van der Waals surface area contributed by atoms with Crippen LogP contribution < -0.4 is 4.74 Å². The van der Waals surface area contributed by atoms with Crippen molar-refractivity contribution in [2.24, 2.45) is 0 Å². The van der Waals surface area contributed by atoms with Gasteiger partial charge in [-0.15, -0.1) is 10.2 Å². The molecule has 0 aliphatic rings. The van der Waals surface area contributed by atoms with Crippen LogP contribution >= 0.6 is 0 Å². The van der Waals surface area contributed by atoms with Gasteiger partial charge in [-0.25, -0.2) is 4.98 Å². The van der Waals surface area contributed by atoms with Crippen LogP contribution in [0.1, 0.15) is 0 Å². The zero-order chi connectivity index (χ0) is 15.4. The van der Waals surface area contributed by atoms with Crippen molar-refractivity contribution < 1.29 is 4.74 Å². The van der Waals surface area contributed by atoms with E-state index in [-0.39, 0.29) is 0 Å². The first kappa shape index (κ1) is 12.3. The molecule has 0 spiro atoms. The maximum atomic E-state index is 5.61. The lowest BCUT2D eigenvalue weighted by Crippen LogP contribution is -1.94. The van der Waals surface area contributed by atoms with E-state index in [2.05, 4.69) is 28.4 Å². The highest BCUT2D eigenvalue weighted by Crippen LogP contribution is 2.38. The molecule has 0 atom stereocenters. The molecule has 5 nitrogen and oxygen atoms in total. The normalized spacial score (nSPS) is 11.7. The molecule has 2 heterocycles. The zero-order valence-corrected chi connectivity index (χ0v) is 12.4. The first-order valence-corrected chi connectivity index (χ1v) is 7.34.